The lowest BCUT2D eigenvalue weighted by atomic mass is 10.0. The molecule has 0 bridgehead atoms. The second-order valence-corrected chi connectivity index (χ2v) is 7.00. The molecule has 0 N–H and O–H groups in total. The van der Waals surface area contributed by atoms with Gasteiger partial charge in [0.2, 0.25) is 0 Å². The van der Waals surface area contributed by atoms with Gasteiger partial charge in [0.05, 0.1) is 36.1 Å². The molecule has 2 aliphatic rings. The van der Waals surface area contributed by atoms with Crippen LogP contribution in [0.4, 0.5) is 0 Å². The van der Waals surface area contributed by atoms with Crippen molar-refractivity contribution in [3.8, 4) is 0 Å². The first-order chi connectivity index (χ1) is 12.9. The molecule has 0 radical (unpaired) electrons. The number of imide groups is 1. The SMILES string of the molecule is C[C@@H]1CN(C(=O)c2ccc3c(c2)C(=O)N(Cc2ccco2)C3=O)C[C@@H](C)O1. The van der Waals surface area contributed by atoms with Gasteiger partial charge in [-0.1, -0.05) is 0 Å². The Balaban J connectivity index is 1.58. The first-order valence-electron chi connectivity index (χ1n) is 8.91. The topological polar surface area (TPSA) is 80.1 Å². The quantitative estimate of drug-likeness (QED) is 0.777. The van der Waals surface area contributed by atoms with Gasteiger partial charge in [-0.05, 0) is 44.2 Å². The fourth-order valence-corrected chi connectivity index (χ4v) is 3.65. The zero-order chi connectivity index (χ0) is 19.1. The van der Waals surface area contributed by atoms with Crippen molar-refractivity contribution in [2.24, 2.45) is 0 Å². The van der Waals surface area contributed by atoms with Gasteiger partial charge in [-0.15, -0.1) is 0 Å². The number of rotatable bonds is 3. The van der Waals surface area contributed by atoms with Gasteiger partial charge >= 0.3 is 0 Å². The van der Waals surface area contributed by atoms with Crippen LogP contribution in [0.2, 0.25) is 0 Å². The van der Waals surface area contributed by atoms with Crippen LogP contribution >= 0.6 is 0 Å². The van der Waals surface area contributed by atoms with Crippen molar-refractivity contribution >= 4 is 17.7 Å². The maximum absolute atomic E-state index is 12.9. The lowest BCUT2D eigenvalue weighted by Crippen LogP contribution is -2.48. The summed E-state index contributed by atoms with van der Waals surface area (Å²) in [4.78, 5) is 41.0. The molecule has 3 amide bonds. The maximum Gasteiger partial charge on any atom is 0.261 e. The lowest BCUT2D eigenvalue weighted by molar-refractivity contribution is -0.0586. The minimum atomic E-state index is -0.412. The predicted molar refractivity (Wildman–Crippen MR) is 95.3 cm³/mol. The van der Waals surface area contributed by atoms with E-state index in [9.17, 15) is 14.4 Å². The third-order valence-electron chi connectivity index (χ3n) is 4.82. The smallest absolute Gasteiger partial charge is 0.261 e. The highest BCUT2D eigenvalue weighted by molar-refractivity contribution is 6.22. The largest absolute Gasteiger partial charge is 0.467 e. The predicted octanol–water partition coefficient (Wildman–Crippen LogP) is 2.33. The van der Waals surface area contributed by atoms with E-state index in [4.69, 9.17) is 9.15 Å². The van der Waals surface area contributed by atoms with Crippen molar-refractivity contribution in [1.29, 1.82) is 0 Å². The van der Waals surface area contributed by atoms with Gasteiger partial charge in [-0.25, -0.2) is 0 Å². The summed E-state index contributed by atoms with van der Waals surface area (Å²) in [6, 6.07) is 8.09. The molecular formula is C20H20N2O5. The molecule has 4 rings (SSSR count). The molecule has 0 unspecified atom stereocenters. The number of benzene rings is 1. The van der Waals surface area contributed by atoms with Crippen LogP contribution in [0.25, 0.3) is 0 Å². The molecule has 1 fully saturated rings. The standard InChI is InChI=1S/C20H20N2O5/c1-12-9-21(10-13(2)27-12)18(23)14-5-6-16-17(8-14)20(25)22(19(16)24)11-15-4-3-7-26-15/h3-8,12-13H,9-11H2,1-2H3/t12-,13-/m1/s1. The normalized spacial score (nSPS) is 22.3. The van der Waals surface area contributed by atoms with Crippen molar-refractivity contribution in [2.75, 3.05) is 13.1 Å². The molecule has 0 aliphatic carbocycles. The number of morpholine rings is 1. The number of amides is 3. The highest BCUT2D eigenvalue weighted by Gasteiger charge is 2.37. The Morgan fingerprint density at radius 2 is 1.78 bits per heavy atom. The number of ether oxygens (including phenoxy) is 1. The van der Waals surface area contributed by atoms with Gasteiger partial charge in [-0.3, -0.25) is 19.3 Å². The first-order valence-corrected chi connectivity index (χ1v) is 8.91. The van der Waals surface area contributed by atoms with E-state index in [2.05, 4.69) is 0 Å². The fourth-order valence-electron chi connectivity index (χ4n) is 3.65. The lowest BCUT2D eigenvalue weighted by Gasteiger charge is -2.35. The van der Waals surface area contributed by atoms with Crippen LogP contribution in [0.1, 0.15) is 50.7 Å². The Morgan fingerprint density at radius 1 is 1.07 bits per heavy atom. The zero-order valence-electron chi connectivity index (χ0n) is 15.2. The summed E-state index contributed by atoms with van der Waals surface area (Å²) in [7, 11) is 0. The van der Waals surface area contributed by atoms with Crippen LogP contribution in [-0.2, 0) is 11.3 Å². The molecule has 2 aromatic rings. The van der Waals surface area contributed by atoms with E-state index in [1.165, 1.54) is 12.3 Å². The number of nitrogens with zero attached hydrogens (tertiary/aromatic N) is 2. The molecule has 3 heterocycles. The van der Waals surface area contributed by atoms with Crippen molar-refractivity contribution < 1.29 is 23.5 Å². The monoisotopic (exact) mass is 368 g/mol. The molecule has 0 spiro atoms. The van der Waals surface area contributed by atoms with Crippen molar-refractivity contribution in [3.05, 3.63) is 59.0 Å². The van der Waals surface area contributed by atoms with Gasteiger partial charge in [0.1, 0.15) is 5.76 Å². The Morgan fingerprint density at radius 3 is 2.44 bits per heavy atom. The van der Waals surface area contributed by atoms with Gasteiger partial charge < -0.3 is 14.1 Å². The summed E-state index contributed by atoms with van der Waals surface area (Å²) in [5.41, 5.74) is 0.967. The molecular weight excluding hydrogens is 348 g/mol. The summed E-state index contributed by atoms with van der Waals surface area (Å²) in [5.74, 6) is -0.426. The van der Waals surface area contributed by atoms with Gasteiger partial charge in [0, 0.05) is 18.7 Å². The number of hydrogen-bond acceptors (Lipinski definition) is 5. The summed E-state index contributed by atoms with van der Waals surface area (Å²) in [6.07, 6.45) is 1.41. The maximum atomic E-state index is 12.9. The molecule has 27 heavy (non-hydrogen) atoms. The van der Waals surface area contributed by atoms with E-state index in [1.807, 2.05) is 13.8 Å². The molecule has 2 aliphatic heterocycles. The third kappa shape index (κ3) is 3.14. The summed E-state index contributed by atoms with van der Waals surface area (Å²) < 4.78 is 10.9. The summed E-state index contributed by atoms with van der Waals surface area (Å²) in [5, 5.41) is 0. The van der Waals surface area contributed by atoms with E-state index in [0.29, 0.717) is 30.0 Å². The van der Waals surface area contributed by atoms with E-state index >= 15 is 0 Å². The number of carbonyl (C=O) groups is 3. The second kappa shape index (κ2) is 6.66. The highest BCUT2D eigenvalue weighted by atomic mass is 16.5. The van der Waals surface area contributed by atoms with E-state index < -0.39 is 5.91 Å². The van der Waals surface area contributed by atoms with Crippen molar-refractivity contribution in [2.45, 2.75) is 32.6 Å². The van der Waals surface area contributed by atoms with Crippen LogP contribution in [0.15, 0.2) is 41.0 Å². The third-order valence-corrected chi connectivity index (χ3v) is 4.82. The number of fused-ring (bicyclic) bond motifs is 1. The minimum Gasteiger partial charge on any atom is -0.467 e. The number of furan rings is 1. The average molecular weight is 368 g/mol. The average Bonchev–Trinajstić information content (AvgIpc) is 3.23. The van der Waals surface area contributed by atoms with Crippen molar-refractivity contribution in [3.63, 3.8) is 0 Å². The van der Waals surface area contributed by atoms with E-state index in [0.717, 1.165) is 4.90 Å². The van der Waals surface area contributed by atoms with Crippen LogP contribution in [-0.4, -0.2) is 52.8 Å². The molecule has 140 valence electrons. The first kappa shape index (κ1) is 17.5. The van der Waals surface area contributed by atoms with Crippen LogP contribution in [0, 0.1) is 0 Å². The molecule has 1 aromatic carbocycles. The summed E-state index contributed by atoms with van der Waals surface area (Å²) >= 11 is 0. The van der Waals surface area contributed by atoms with Crippen LogP contribution in [0.3, 0.4) is 0 Å². The Labute approximate surface area is 156 Å². The number of carbonyl (C=O) groups excluding carboxylic acids is 3. The zero-order valence-corrected chi connectivity index (χ0v) is 15.2. The highest BCUT2D eigenvalue weighted by Crippen LogP contribution is 2.26. The van der Waals surface area contributed by atoms with E-state index in [1.54, 1.807) is 29.2 Å². The Bertz CT molecular complexity index is 895. The second-order valence-electron chi connectivity index (χ2n) is 7.00. The molecule has 1 aromatic heterocycles. The van der Waals surface area contributed by atoms with Gasteiger partial charge in [0.15, 0.2) is 0 Å². The molecule has 1 saturated heterocycles. The minimum absolute atomic E-state index is 0.0425. The van der Waals surface area contributed by atoms with Crippen LogP contribution in [0.5, 0.6) is 0 Å². The van der Waals surface area contributed by atoms with E-state index in [-0.39, 0.29) is 36.1 Å². The Kier molecular flexibility index (Phi) is 4.31. The molecule has 7 heteroatoms. The number of hydrogen-bond donors (Lipinski definition) is 0. The van der Waals surface area contributed by atoms with Gasteiger partial charge in [-0.2, -0.15) is 0 Å². The summed E-state index contributed by atoms with van der Waals surface area (Å²) in [6.45, 7) is 4.91. The van der Waals surface area contributed by atoms with Gasteiger partial charge in [0.25, 0.3) is 17.7 Å². The molecule has 0 saturated carbocycles. The Hall–Kier alpha value is -2.93. The van der Waals surface area contributed by atoms with Crippen molar-refractivity contribution in [1.82, 2.24) is 9.80 Å². The van der Waals surface area contributed by atoms with Crippen LogP contribution < -0.4 is 0 Å². The fraction of sp³-hybridized carbons (Fsp3) is 0.350. The molecule has 2 atom stereocenters. The molecule has 7 nitrogen and oxygen atoms in total.